The molecule has 13 heavy (non-hydrogen) atoms. The maximum atomic E-state index is 11.5. The maximum absolute atomic E-state index is 11.5. The molecular weight excluding hydrogens is 166 g/mol. The van der Waals surface area contributed by atoms with Crippen LogP contribution in [0, 0.1) is 11.3 Å². The first kappa shape index (κ1) is 12.4. The number of hydrogen-bond donors (Lipinski definition) is 2. The standard InChI is InChI=1S/C10H21NO2/c1-7(2)8(3)11-9(13)10(4,5)6-12/h7-8,12H,6H2,1-5H3,(H,11,13). The van der Waals surface area contributed by atoms with Gasteiger partial charge in [-0.1, -0.05) is 13.8 Å². The Morgan fingerprint density at radius 3 is 2.15 bits per heavy atom. The van der Waals surface area contributed by atoms with Crippen LogP contribution in [0.3, 0.4) is 0 Å². The van der Waals surface area contributed by atoms with Gasteiger partial charge in [-0.3, -0.25) is 4.79 Å². The molecule has 2 N–H and O–H groups in total. The van der Waals surface area contributed by atoms with Gasteiger partial charge in [-0.25, -0.2) is 0 Å². The molecule has 0 spiro atoms. The Bertz CT molecular complexity index is 176. The zero-order chi connectivity index (χ0) is 10.6. The smallest absolute Gasteiger partial charge is 0.228 e. The molecule has 1 amide bonds. The molecule has 1 unspecified atom stereocenters. The van der Waals surface area contributed by atoms with Crippen LogP contribution in [0.1, 0.15) is 34.6 Å². The molecule has 3 heteroatoms. The number of aliphatic hydroxyl groups excluding tert-OH is 1. The van der Waals surface area contributed by atoms with Gasteiger partial charge in [0.1, 0.15) is 0 Å². The van der Waals surface area contributed by atoms with Crippen molar-refractivity contribution >= 4 is 5.91 Å². The second-order valence-electron chi connectivity index (χ2n) is 4.55. The fourth-order valence-electron chi connectivity index (χ4n) is 0.641. The number of carbonyl (C=O) groups is 1. The SMILES string of the molecule is CC(C)C(C)NC(=O)C(C)(C)CO. The van der Waals surface area contributed by atoms with Gasteiger partial charge in [0.25, 0.3) is 0 Å². The fourth-order valence-corrected chi connectivity index (χ4v) is 0.641. The molecule has 78 valence electrons. The van der Waals surface area contributed by atoms with E-state index in [1.807, 2.05) is 6.92 Å². The maximum Gasteiger partial charge on any atom is 0.228 e. The van der Waals surface area contributed by atoms with Crippen LogP contribution in [0.2, 0.25) is 0 Å². The summed E-state index contributed by atoms with van der Waals surface area (Å²) in [6.45, 7) is 9.41. The van der Waals surface area contributed by atoms with E-state index in [4.69, 9.17) is 5.11 Å². The number of carbonyl (C=O) groups excluding carboxylic acids is 1. The summed E-state index contributed by atoms with van der Waals surface area (Å²) in [5, 5.41) is 11.8. The number of amides is 1. The Kier molecular flexibility index (Phi) is 4.40. The van der Waals surface area contributed by atoms with Gasteiger partial charge in [0.05, 0.1) is 12.0 Å². The second kappa shape index (κ2) is 4.61. The molecule has 0 aromatic heterocycles. The zero-order valence-corrected chi connectivity index (χ0v) is 9.22. The number of aliphatic hydroxyl groups is 1. The van der Waals surface area contributed by atoms with E-state index in [1.54, 1.807) is 13.8 Å². The van der Waals surface area contributed by atoms with Crippen molar-refractivity contribution in [3.8, 4) is 0 Å². The van der Waals surface area contributed by atoms with Crippen LogP contribution in [-0.4, -0.2) is 23.7 Å². The lowest BCUT2D eigenvalue weighted by molar-refractivity contribution is -0.132. The summed E-state index contributed by atoms with van der Waals surface area (Å²) in [4.78, 5) is 11.5. The van der Waals surface area contributed by atoms with Gasteiger partial charge in [0.2, 0.25) is 5.91 Å². The molecule has 0 radical (unpaired) electrons. The summed E-state index contributed by atoms with van der Waals surface area (Å²) >= 11 is 0. The average molecular weight is 187 g/mol. The van der Waals surface area contributed by atoms with Gasteiger partial charge in [0.15, 0.2) is 0 Å². The Morgan fingerprint density at radius 1 is 1.38 bits per heavy atom. The highest BCUT2D eigenvalue weighted by atomic mass is 16.3. The van der Waals surface area contributed by atoms with Gasteiger partial charge >= 0.3 is 0 Å². The lowest BCUT2D eigenvalue weighted by Crippen LogP contribution is -2.45. The summed E-state index contributed by atoms with van der Waals surface area (Å²) in [7, 11) is 0. The topological polar surface area (TPSA) is 49.3 Å². The van der Waals surface area contributed by atoms with Crippen LogP contribution in [0.15, 0.2) is 0 Å². The van der Waals surface area contributed by atoms with Crippen molar-refractivity contribution in [1.82, 2.24) is 5.32 Å². The first-order valence-corrected chi connectivity index (χ1v) is 4.73. The summed E-state index contributed by atoms with van der Waals surface area (Å²) in [5.41, 5.74) is -0.677. The van der Waals surface area contributed by atoms with E-state index >= 15 is 0 Å². The number of hydrogen-bond acceptors (Lipinski definition) is 2. The van der Waals surface area contributed by atoms with Crippen LogP contribution in [-0.2, 0) is 4.79 Å². The first-order valence-electron chi connectivity index (χ1n) is 4.73. The first-order chi connectivity index (χ1) is 5.81. The molecular formula is C10H21NO2. The Labute approximate surface area is 80.5 Å². The van der Waals surface area contributed by atoms with Gasteiger partial charge < -0.3 is 10.4 Å². The molecule has 0 aliphatic rings. The lowest BCUT2D eigenvalue weighted by atomic mass is 9.92. The van der Waals surface area contributed by atoms with Crippen LogP contribution in [0.25, 0.3) is 0 Å². The van der Waals surface area contributed by atoms with E-state index in [9.17, 15) is 4.79 Å². The summed E-state index contributed by atoms with van der Waals surface area (Å²) in [6, 6.07) is 0.151. The Morgan fingerprint density at radius 2 is 1.85 bits per heavy atom. The normalized spacial score (nSPS) is 14.4. The van der Waals surface area contributed by atoms with Gasteiger partial charge in [-0.05, 0) is 26.7 Å². The van der Waals surface area contributed by atoms with Crippen molar-refractivity contribution in [3.05, 3.63) is 0 Å². The van der Waals surface area contributed by atoms with Crippen molar-refractivity contribution in [2.75, 3.05) is 6.61 Å². The molecule has 0 aromatic rings. The van der Waals surface area contributed by atoms with E-state index in [2.05, 4.69) is 19.2 Å². The van der Waals surface area contributed by atoms with E-state index < -0.39 is 5.41 Å². The molecule has 0 saturated heterocycles. The third-order valence-corrected chi connectivity index (χ3v) is 2.37. The van der Waals surface area contributed by atoms with Gasteiger partial charge in [-0.15, -0.1) is 0 Å². The molecule has 3 nitrogen and oxygen atoms in total. The monoisotopic (exact) mass is 187 g/mol. The largest absolute Gasteiger partial charge is 0.395 e. The summed E-state index contributed by atoms with van der Waals surface area (Å²) in [6.07, 6.45) is 0. The van der Waals surface area contributed by atoms with E-state index in [0.717, 1.165) is 0 Å². The zero-order valence-electron chi connectivity index (χ0n) is 9.22. The van der Waals surface area contributed by atoms with Crippen molar-refractivity contribution in [2.24, 2.45) is 11.3 Å². The Balaban J connectivity index is 4.15. The fraction of sp³-hybridized carbons (Fsp3) is 0.900. The average Bonchev–Trinajstić information content (AvgIpc) is 2.04. The molecule has 0 aliphatic heterocycles. The van der Waals surface area contributed by atoms with E-state index in [1.165, 1.54) is 0 Å². The minimum Gasteiger partial charge on any atom is -0.395 e. The highest BCUT2D eigenvalue weighted by Gasteiger charge is 2.27. The lowest BCUT2D eigenvalue weighted by Gasteiger charge is -2.25. The van der Waals surface area contributed by atoms with Crippen LogP contribution >= 0.6 is 0 Å². The van der Waals surface area contributed by atoms with Crippen LogP contribution < -0.4 is 5.32 Å². The van der Waals surface area contributed by atoms with Crippen LogP contribution in [0.4, 0.5) is 0 Å². The third kappa shape index (κ3) is 3.77. The van der Waals surface area contributed by atoms with Crippen molar-refractivity contribution < 1.29 is 9.90 Å². The molecule has 0 fully saturated rings. The Hall–Kier alpha value is -0.570. The molecule has 0 saturated carbocycles. The van der Waals surface area contributed by atoms with Gasteiger partial charge in [0, 0.05) is 6.04 Å². The van der Waals surface area contributed by atoms with Crippen molar-refractivity contribution in [2.45, 2.75) is 40.7 Å². The summed E-state index contributed by atoms with van der Waals surface area (Å²) < 4.78 is 0. The van der Waals surface area contributed by atoms with Crippen LogP contribution in [0.5, 0.6) is 0 Å². The predicted molar refractivity (Wildman–Crippen MR) is 53.3 cm³/mol. The van der Waals surface area contributed by atoms with E-state index in [-0.39, 0.29) is 18.6 Å². The summed E-state index contributed by atoms with van der Waals surface area (Å²) in [5.74, 6) is 0.328. The molecule has 0 bridgehead atoms. The minimum atomic E-state index is -0.677. The predicted octanol–water partition coefficient (Wildman–Crippen LogP) is 1.17. The molecule has 0 heterocycles. The van der Waals surface area contributed by atoms with E-state index in [0.29, 0.717) is 5.92 Å². The third-order valence-electron chi connectivity index (χ3n) is 2.37. The molecule has 0 rings (SSSR count). The van der Waals surface area contributed by atoms with Crippen molar-refractivity contribution in [1.29, 1.82) is 0 Å². The number of nitrogens with one attached hydrogen (secondary N) is 1. The highest BCUT2D eigenvalue weighted by Crippen LogP contribution is 2.14. The molecule has 1 atom stereocenters. The molecule has 0 aromatic carbocycles. The van der Waals surface area contributed by atoms with Crippen molar-refractivity contribution in [3.63, 3.8) is 0 Å². The molecule has 0 aliphatic carbocycles. The number of rotatable bonds is 4. The second-order valence-corrected chi connectivity index (χ2v) is 4.55. The quantitative estimate of drug-likeness (QED) is 0.694. The minimum absolute atomic E-state index is 0.0869. The van der Waals surface area contributed by atoms with Gasteiger partial charge in [-0.2, -0.15) is 0 Å². The highest BCUT2D eigenvalue weighted by molar-refractivity contribution is 5.82.